The van der Waals surface area contributed by atoms with Gasteiger partial charge in [-0.3, -0.25) is 19.9 Å². The van der Waals surface area contributed by atoms with E-state index in [0.29, 0.717) is 49.1 Å². The van der Waals surface area contributed by atoms with E-state index in [1.54, 1.807) is 30.9 Å². The number of aryl methyl sites for hydroxylation is 2. The summed E-state index contributed by atoms with van der Waals surface area (Å²) in [5.74, 6) is 0.935. The van der Waals surface area contributed by atoms with Crippen LogP contribution in [-0.4, -0.2) is 84.2 Å². The normalized spacial score (nSPS) is 19.1. The number of ether oxygens (including phenoxy) is 1. The number of benzene rings is 2. The highest BCUT2D eigenvalue weighted by Gasteiger charge is 2.36. The van der Waals surface area contributed by atoms with Crippen LogP contribution in [0.15, 0.2) is 51.9 Å². The molecule has 0 radical (unpaired) electrons. The topological polar surface area (TPSA) is 152 Å². The lowest BCUT2D eigenvalue weighted by molar-refractivity contribution is -0.385. The summed E-state index contributed by atoms with van der Waals surface area (Å²) >= 11 is 0. The van der Waals surface area contributed by atoms with Crippen LogP contribution in [0.4, 0.5) is 16.2 Å². The minimum Gasteiger partial charge on any atom is -0.443 e. The van der Waals surface area contributed by atoms with E-state index in [9.17, 15) is 23.3 Å². The van der Waals surface area contributed by atoms with Crippen LogP contribution in [0.3, 0.4) is 0 Å². The first-order valence-electron chi connectivity index (χ1n) is 12.0. The van der Waals surface area contributed by atoms with Crippen LogP contribution in [0.2, 0.25) is 0 Å². The second-order valence-electron chi connectivity index (χ2n) is 9.21. The molecule has 13 nitrogen and oxygen atoms in total. The summed E-state index contributed by atoms with van der Waals surface area (Å²) in [4.78, 5) is 30.9. The van der Waals surface area contributed by atoms with Crippen molar-refractivity contribution in [3.05, 3.63) is 64.0 Å². The lowest BCUT2D eigenvalue weighted by atomic mass is 10.2. The van der Waals surface area contributed by atoms with Crippen LogP contribution in [0.1, 0.15) is 11.5 Å². The number of amides is 1. The minimum atomic E-state index is -3.87. The number of hydrogen-bond acceptors (Lipinski definition) is 10. The van der Waals surface area contributed by atoms with Gasteiger partial charge in [0.1, 0.15) is 6.10 Å². The zero-order valence-electron chi connectivity index (χ0n) is 20.8. The quantitative estimate of drug-likeness (QED) is 0.322. The van der Waals surface area contributed by atoms with Gasteiger partial charge in [0.2, 0.25) is 21.7 Å². The Kier molecular flexibility index (Phi) is 6.86. The Balaban J connectivity index is 1.17. The number of sulfonamides is 1. The van der Waals surface area contributed by atoms with E-state index in [2.05, 4.69) is 10.1 Å². The molecular formula is C24H26N6O7S. The zero-order valence-corrected chi connectivity index (χ0v) is 21.6. The van der Waals surface area contributed by atoms with Crippen LogP contribution >= 0.6 is 0 Å². The van der Waals surface area contributed by atoms with Crippen LogP contribution in [0.25, 0.3) is 11.4 Å². The molecule has 5 rings (SSSR count). The SMILES string of the molecule is Cc1nc(-c2ccc(N3CC(CN4CCN(S(=O)(=O)c5ccc(C)c([N+](=O)[O-])c5)CC4)OC3=O)cc2)no1. The summed E-state index contributed by atoms with van der Waals surface area (Å²) in [6.07, 6.45) is -0.815. The third-order valence-corrected chi connectivity index (χ3v) is 8.54. The number of nitrogens with zero attached hydrogens (tertiary/aromatic N) is 6. The second-order valence-corrected chi connectivity index (χ2v) is 11.1. The van der Waals surface area contributed by atoms with E-state index in [0.717, 1.165) is 11.6 Å². The number of anilines is 1. The molecule has 0 N–H and O–H groups in total. The highest BCUT2D eigenvalue weighted by Crippen LogP contribution is 2.27. The third kappa shape index (κ3) is 5.10. The van der Waals surface area contributed by atoms with E-state index in [1.165, 1.54) is 16.4 Å². The van der Waals surface area contributed by atoms with Gasteiger partial charge in [0.15, 0.2) is 0 Å². The Bertz CT molecular complexity index is 1470. The Morgan fingerprint density at radius 3 is 2.42 bits per heavy atom. The van der Waals surface area contributed by atoms with Crippen molar-refractivity contribution in [3.63, 3.8) is 0 Å². The van der Waals surface area contributed by atoms with Crippen molar-refractivity contribution >= 4 is 27.5 Å². The van der Waals surface area contributed by atoms with E-state index < -0.39 is 21.0 Å². The summed E-state index contributed by atoms with van der Waals surface area (Å²) in [6, 6.07) is 11.2. The van der Waals surface area contributed by atoms with Crippen molar-refractivity contribution in [2.45, 2.75) is 24.8 Å². The summed E-state index contributed by atoms with van der Waals surface area (Å²) in [5.41, 5.74) is 1.63. The smallest absolute Gasteiger partial charge is 0.414 e. The highest BCUT2D eigenvalue weighted by atomic mass is 32.2. The van der Waals surface area contributed by atoms with Gasteiger partial charge >= 0.3 is 6.09 Å². The number of nitro groups is 1. The number of piperazine rings is 1. The summed E-state index contributed by atoms with van der Waals surface area (Å²) in [5, 5.41) is 15.1. The van der Waals surface area contributed by atoms with Crippen LogP contribution in [0, 0.1) is 24.0 Å². The minimum absolute atomic E-state index is 0.0934. The molecule has 0 saturated carbocycles. The molecule has 0 bridgehead atoms. The molecule has 1 atom stereocenters. The molecule has 0 spiro atoms. The fourth-order valence-corrected chi connectivity index (χ4v) is 6.01. The molecule has 3 heterocycles. The predicted molar refractivity (Wildman–Crippen MR) is 135 cm³/mol. The number of rotatable bonds is 7. The third-order valence-electron chi connectivity index (χ3n) is 6.65. The van der Waals surface area contributed by atoms with Gasteiger partial charge in [-0.1, -0.05) is 11.2 Å². The first-order chi connectivity index (χ1) is 18.1. The van der Waals surface area contributed by atoms with Gasteiger partial charge in [-0.25, -0.2) is 13.2 Å². The zero-order chi connectivity index (χ0) is 27.0. The number of hydrogen-bond donors (Lipinski definition) is 0. The van der Waals surface area contributed by atoms with Gasteiger partial charge in [0, 0.05) is 62.5 Å². The lowest BCUT2D eigenvalue weighted by Gasteiger charge is -2.34. The first kappa shape index (κ1) is 25.8. The van der Waals surface area contributed by atoms with Crippen molar-refractivity contribution in [3.8, 4) is 11.4 Å². The van der Waals surface area contributed by atoms with Crippen molar-refractivity contribution in [2.75, 3.05) is 44.2 Å². The van der Waals surface area contributed by atoms with Crippen LogP contribution in [-0.2, 0) is 14.8 Å². The lowest BCUT2D eigenvalue weighted by Crippen LogP contribution is -2.50. The van der Waals surface area contributed by atoms with E-state index in [-0.39, 0.29) is 29.8 Å². The monoisotopic (exact) mass is 542 g/mol. The van der Waals surface area contributed by atoms with Crippen LogP contribution in [0.5, 0.6) is 0 Å². The number of cyclic esters (lactones) is 1. The first-order valence-corrected chi connectivity index (χ1v) is 13.4. The van der Waals surface area contributed by atoms with Crippen LogP contribution < -0.4 is 4.90 Å². The molecule has 2 aliphatic heterocycles. The molecule has 2 saturated heterocycles. The van der Waals surface area contributed by atoms with Crippen molar-refractivity contribution in [1.82, 2.24) is 19.3 Å². The molecule has 1 unspecified atom stereocenters. The van der Waals surface area contributed by atoms with Crippen molar-refractivity contribution < 1.29 is 27.4 Å². The number of carbonyl (C=O) groups excluding carboxylic acids is 1. The van der Waals surface area contributed by atoms with Gasteiger partial charge in [-0.05, 0) is 37.3 Å². The number of nitro benzene ring substituents is 1. The molecule has 2 aliphatic rings. The number of aromatic nitrogens is 2. The molecule has 2 fully saturated rings. The van der Waals surface area contributed by atoms with E-state index in [1.807, 2.05) is 17.0 Å². The molecule has 38 heavy (non-hydrogen) atoms. The van der Waals surface area contributed by atoms with E-state index >= 15 is 0 Å². The number of carbonyl (C=O) groups is 1. The maximum Gasteiger partial charge on any atom is 0.414 e. The van der Waals surface area contributed by atoms with Crippen molar-refractivity contribution in [1.29, 1.82) is 0 Å². The fraction of sp³-hybridized carbons (Fsp3) is 0.375. The molecule has 1 aromatic heterocycles. The van der Waals surface area contributed by atoms with Gasteiger partial charge in [0.25, 0.3) is 5.69 Å². The molecule has 14 heteroatoms. The Morgan fingerprint density at radius 2 is 1.79 bits per heavy atom. The maximum absolute atomic E-state index is 13.1. The molecule has 1 amide bonds. The fourth-order valence-electron chi connectivity index (χ4n) is 4.57. The predicted octanol–water partition coefficient (Wildman–Crippen LogP) is 2.59. The molecule has 200 valence electrons. The average molecular weight is 543 g/mol. The standard InChI is InChI=1S/C24H26N6O7S/c1-16-3-8-21(13-22(16)30(32)33)38(34,35)28-11-9-27(10-12-28)14-20-15-29(24(31)36-20)19-6-4-18(5-7-19)23-25-17(2)37-26-23/h3-8,13,20H,9-12,14-15H2,1-2H3. The Hall–Kier alpha value is -3.88. The van der Waals surface area contributed by atoms with Gasteiger partial charge < -0.3 is 9.26 Å². The largest absolute Gasteiger partial charge is 0.443 e. The second kappa shape index (κ2) is 10.1. The van der Waals surface area contributed by atoms with E-state index in [4.69, 9.17) is 9.26 Å². The van der Waals surface area contributed by atoms with Gasteiger partial charge in [-0.2, -0.15) is 9.29 Å². The summed E-state index contributed by atoms with van der Waals surface area (Å²) < 4.78 is 38.1. The molecule has 0 aliphatic carbocycles. The van der Waals surface area contributed by atoms with Gasteiger partial charge in [-0.15, -0.1) is 0 Å². The maximum atomic E-state index is 13.1. The molecular weight excluding hydrogens is 516 g/mol. The Morgan fingerprint density at radius 1 is 1.08 bits per heavy atom. The van der Waals surface area contributed by atoms with Crippen molar-refractivity contribution in [2.24, 2.45) is 0 Å². The summed E-state index contributed by atoms with van der Waals surface area (Å²) in [7, 11) is -3.87. The highest BCUT2D eigenvalue weighted by molar-refractivity contribution is 7.89. The average Bonchev–Trinajstić information content (AvgIpc) is 3.49. The molecule has 3 aromatic rings. The Labute approximate surface area is 218 Å². The van der Waals surface area contributed by atoms with Gasteiger partial charge in [0.05, 0.1) is 16.4 Å². The summed E-state index contributed by atoms with van der Waals surface area (Å²) in [6.45, 7) is 5.45. The molecule has 2 aromatic carbocycles.